The molecule has 1 heterocycles. The minimum absolute atomic E-state index is 0.0845. The topological polar surface area (TPSA) is 38.5 Å². The second kappa shape index (κ2) is 7.04. The minimum atomic E-state index is 0.0845. The lowest BCUT2D eigenvalue weighted by Crippen LogP contribution is -2.37. The van der Waals surface area contributed by atoms with Crippen molar-refractivity contribution in [1.82, 2.24) is 4.90 Å². The SMILES string of the molecule is CCCc1ccc(C(N)CN(C)C2CCOC2)cc1. The number of hydrogen-bond acceptors (Lipinski definition) is 3. The minimum Gasteiger partial charge on any atom is -0.380 e. The summed E-state index contributed by atoms with van der Waals surface area (Å²) in [5.41, 5.74) is 8.93. The number of nitrogens with zero attached hydrogens (tertiary/aromatic N) is 1. The van der Waals surface area contributed by atoms with Crippen LogP contribution in [0.2, 0.25) is 0 Å². The van der Waals surface area contributed by atoms with Crippen LogP contribution in [0.3, 0.4) is 0 Å². The zero-order valence-electron chi connectivity index (χ0n) is 12.1. The summed E-state index contributed by atoms with van der Waals surface area (Å²) in [5.74, 6) is 0. The fraction of sp³-hybridized carbons (Fsp3) is 0.625. The van der Waals surface area contributed by atoms with Crippen molar-refractivity contribution >= 4 is 0 Å². The van der Waals surface area contributed by atoms with Crippen molar-refractivity contribution in [3.63, 3.8) is 0 Å². The van der Waals surface area contributed by atoms with Gasteiger partial charge in [-0.25, -0.2) is 0 Å². The van der Waals surface area contributed by atoms with Gasteiger partial charge in [0.25, 0.3) is 0 Å². The Morgan fingerprint density at radius 2 is 2.11 bits per heavy atom. The number of rotatable bonds is 6. The van der Waals surface area contributed by atoms with E-state index in [0.717, 1.165) is 32.6 Å². The molecule has 1 saturated heterocycles. The third kappa shape index (κ3) is 4.03. The fourth-order valence-corrected chi connectivity index (χ4v) is 2.65. The largest absolute Gasteiger partial charge is 0.380 e. The molecule has 2 atom stereocenters. The normalized spacial score (nSPS) is 20.9. The van der Waals surface area contributed by atoms with Crippen molar-refractivity contribution in [2.75, 3.05) is 26.8 Å². The van der Waals surface area contributed by atoms with Crippen LogP contribution >= 0.6 is 0 Å². The summed E-state index contributed by atoms with van der Waals surface area (Å²) >= 11 is 0. The Morgan fingerprint density at radius 1 is 1.37 bits per heavy atom. The molecule has 1 aromatic rings. The number of ether oxygens (including phenoxy) is 1. The Bertz CT molecular complexity index is 371. The number of likely N-dealkylation sites (N-methyl/N-ethyl adjacent to an activating group) is 1. The predicted molar refractivity (Wildman–Crippen MR) is 79.2 cm³/mol. The first-order chi connectivity index (χ1) is 9.20. The van der Waals surface area contributed by atoms with E-state index in [4.69, 9.17) is 10.5 Å². The molecule has 0 aromatic heterocycles. The highest BCUT2D eigenvalue weighted by atomic mass is 16.5. The maximum Gasteiger partial charge on any atom is 0.0622 e. The van der Waals surface area contributed by atoms with Crippen LogP contribution in [0.4, 0.5) is 0 Å². The summed E-state index contributed by atoms with van der Waals surface area (Å²) in [4.78, 5) is 2.33. The average molecular weight is 262 g/mol. The highest BCUT2D eigenvalue weighted by Gasteiger charge is 2.21. The second-order valence-corrected chi connectivity index (χ2v) is 5.56. The summed E-state index contributed by atoms with van der Waals surface area (Å²) in [6.45, 7) is 4.83. The van der Waals surface area contributed by atoms with Gasteiger partial charge in [-0.3, -0.25) is 4.90 Å². The molecule has 1 aliphatic heterocycles. The lowest BCUT2D eigenvalue weighted by molar-refractivity contribution is 0.156. The van der Waals surface area contributed by atoms with E-state index < -0.39 is 0 Å². The quantitative estimate of drug-likeness (QED) is 0.855. The van der Waals surface area contributed by atoms with Gasteiger partial charge in [0.1, 0.15) is 0 Å². The van der Waals surface area contributed by atoms with Gasteiger partial charge in [0.2, 0.25) is 0 Å². The van der Waals surface area contributed by atoms with Gasteiger partial charge in [0.05, 0.1) is 6.61 Å². The Labute approximate surface area is 116 Å². The van der Waals surface area contributed by atoms with Gasteiger partial charge < -0.3 is 10.5 Å². The highest BCUT2D eigenvalue weighted by Crippen LogP contribution is 2.17. The second-order valence-electron chi connectivity index (χ2n) is 5.56. The Balaban J connectivity index is 1.89. The zero-order valence-corrected chi connectivity index (χ0v) is 12.1. The summed E-state index contributed by atoms with van der Waals surface area (Å²) < 4.78 is 5.43. The van der Waals surface area contributed by atoms with Crippen LogP contribution in [0.5, 0.6) is 0 Å². The van der Waals surface area contributed by atoms with Gasteiger partial charge in [0, 0.05) is 25.2 Å². The third-order valence-corrected chi connectivity index (χ3v) is 3.96. The average Bonchev–Trinajstić information content (AvgIpc) is 2.94. The summed E-state index contributed by atoms with van der Waals surface area (Å²) in [6.07, 6.45) is 3.46. The summed E-state index contributed by atoms with van der Waals surface area (Å²) in [5, 5.41) is 0. The molecular weight excluding hydrogens is 236 g/mol. The molecule has 2 N–H and O–H groups in total. The summed E-state index contributed by atoms with van der Waals surface area (Å²) in [6, 6.07) is 9.38. The molecule has 0 radical (unpaired) electrons. The maximum absolute atomic E-state index is 6.31. The molecule has 1 fully saturated rings. The molecule has 1 aliphatic rings. The van der Waals surface area contributed by atoms with Gasteiger partial charge in [-0.15, -0.1) is 0 Å². The Morgan fingerprint density at radius 3 is 2.68 bits per heavy atom. The van der Waals surface area contributed by atoms with E-state index in [0.29, 0.717) is 6.04 Å². The van der Waals surface area contributed by atoms with Crippen LogP contribution in [0.25, 0.3) is 0 Å². The molecule has 3 heteroatoms. The van der Waals surface area contributed by atoms with Gasteiger partial charge in [0.15, 0.2) is 0 Å². The number of nitrogens with two attached hydrogens (primary N) is 1. The molecular formula is C16H26N2O. The van der Waals surface area contributed by atoms with E-state index in [1.54, 1.807) is 0 Å². The van der Waals surface area contributed by atoms with Crippen molar-refractivity contribution in [1.29, 1.82) is 0 Å². The van der Waals surface area contributed by atoms with Crippen LogP contribution in [-0.2, 0) is 11.2 Å². The van der Waals surface area contributed by atoms with E-state index in [2.05, 4.69) is 43.1 Å². The monoisotopic (exact) mass is 262 g/mol. The van der Waals surface area contributed by atoms with Crippen LogP contribution in [0.15, 0.2) is 24.3 Å². The lowest BCUT2D eigenvalue weighted by atomic mass is 10.0. The van der Waals surface area contributed by atoms with Gasteiger partial charge in [-0.05, 0) is 31.0 Å². The molecule has 1 aromatic carbocycles. The molecule has 0 bridgehead atoms. The van der Waals surface area contributed by atoms with Crippen molar-refractivity contribution in [3.8, 4) is 0 Å². The van der Waals surface area contributed by atoms with E-state index in [1.807, 2.05) is 0 Å². The fourth-order valence-electron chi connectivity index (χ4n) is 2.65. The van der Waals surface area contributed by atoms with E-state index >= 15 is 0 Å². The Kier molecular flexibility index (Phi) is 5.37. The first kappa shape index (κ1) is 14.5. The van der Waals surface area contributed by atoms with E-state index in [9.17, 15) is 0 Å². The predicted octanol–water partition coefficient (Wildman–Crippen LogP) is 2.36. The molecule has 2 rings (SSSR count). The summed E-state index contributed by atoms with van der Waals surface area (Å²) in [7, 11) is 2.14. The smallest absolute Gasteiger partial charge is 0.0622 e. The van der Waals surface area contributed by atoms with Gasteiger partial charge >= 0.3 is 0 Å². The van der Waals surface area contributed by atoms with Crippen molar-refractivity contribution < 1.29 is 4.74 Å². The van der Waals surface area contributed by atoms with Crippen molar-refractivity contribution in [3.05, 3.63) is 35.4 Å². The molecule has 19 heavy (non-hydrogen) atoms. The first-order valence-electron chi connectivity index (χ1n) is 7.33. The third-order valence-electron chi connectivity index (χ3n) is 3.96. The van der Waals surface area contributed by atoms with E-state index in [1.165, 1.54) is 17.5 Å². The maximum atomic E-state index is 6.31. The lowest BCUT2D eigenvalue weighted by Gasteiger charge is -2.26. The van der Waals surface area contributed by atoms with Gasteiger partial charge in [-0.1, -0.05) is 37.6 Å². The molecule has 0 saturated carbocycles. The number of hydrogen-bond donors (Lipinski definition) is 1. The van der Waals surface area contributed by atoms with E-state index in [-0.39, 0.29) is 6.04 Å². The molecule has 0 aliphatic carbocycles. The number of aryl methyl sites for hydroxylation is 1. The molecule has 106 valence electrons. The van der Waals surface area contributed by atoms with Crippen LogP contribution in [0.1, 0.15) is 36.9 Å². The van der Waals surface area contributed by atoms with Gasteiger partial charge in [-0.2, -0.15) is 0 Å². The molecule has 0 spiro atoms. The molecule has 0 amide bonds. The molecule has 2 unspecified atom stereocenters. The van der Waals surface area contributed by atoms with Crippen LogP contribution < -0.4 is 5.73 Å². The van der Waals surface area contributed by atoms with Crippen LogP contribution in [-0.4, -0.2) is 37.7 Å². The van der Waals surface area contributed by atoms with Crippen molar-refractivity contribution in [2.24, 2.45) is 5.73 Å². The highest BCUT2D eigenvalue weighted by molar-refractivity contribution is 5.25. The Hall–Kier alpha value is -0.900. The number of benzene rings is 1. The van der Waals surface area contributed by atoms with Crippen molar-refractivity contribution in [2.45, 2.75) is 38.3 Å². The standard InChI is InChI=1S/C16H26N2O/c1-3-4-13-5-7-14(8-6-13)16(17)11-18(2)15-9-10-19-12-15/h5-8,15-16H,3-4,9-12,17H2,1-2H3. The molecule has 3 nitrogen and oxygen atoms in total. The first-order valence-corrected chi connectivity index (χ1v) is 7.33. The van der Waals surface area contributed by atoms with Crippen LogP contribution in [0, 0.1) is 0 Å². The zero-order chi connectivity index (χ0) is 13.7.